The maximum atomic E-state index is 13.0. The second-order valence-electron chi connectivity index (χ2n) is 15.5. The molecule has 0 amide bonds. The van der Waals surface area contributed by atoms with Crippen LogP contribution in [0.5, 0.6) is 0 Å². The summed E-state index contributed by atoms with van der Waals surface area (Å²) in [6.07, 6.45) is -9.71. The van der Waals surface area contributed by atoms with Gasteiger partial charge in [0.25, 0.3) is 0 Å². The van der Waals surface area contributed by atoms with E-state index in [2.05, 4.69) is 98.0 Å². The van der Waals surface area contributed by atoms with Crippen LogP contribution < -0.4 is 31.3 Å². The number of aromatic nitrogens is 16. The average Bonchev–Trinajstić information content (AvgIpc) is 4.31. The van der Waals surface area contributed by atoms with Crippen molar-refractivity contribution in [3.05, 3.63) is 110 Å². The van der Waals surface area contributed by atoms with Crippen LogP contribution in [0.15, 0.2) is 83.1 Å². The Morgan fingerprint density at radius 3 is 1.48 bits per heavy atom. The zero-order valence-corrected chi connectivity index (χ0v) is 52.1. The van der Waals surface area contributed by atoms with Crippen molar-refractivity contribution in [1.29, 1.82) is 0 Å². The van der Waals surface area contributed by atoms with E-state index in [0.717, 1.165) is 77.7 Å². The Morgan fingerprint density at radius 2 is 0.987 bits per heavy atom. The van der Waals surface area contributed by atoms with Crippen LogP contribution in [0.2, 0.25) is 10.0 Å². The molecule has 34 heteroatoms. The van der Waals surface area contributed by atoms with Crippen LogP contribution in [0.1, 0.15) is 30.9 Å². The predicted octanol–water partition coefficient (Wildman–Crippen LogP) is 6.93. The van der Waals surface area contributed by atoms with Crippen molar-refractivity contribution >= 4 is 112 Å². The van der Waals surface area contributed by atoms with Gasteiger partial charge in [0.15, 0.2) is 34.2 Å². The summed E-state index contributed by atoms with van der Waals surface area (Å²) < 4.78 is 122. The summed E-state index contributed by atoms with van der Waals surface area (Å²) in [5.41, 5.74) is 0.683. The molecule has 8 aromatic heterocycles. The van der Waals surface area contributed by atoms with Gasteiger partial charge in [-0.25, -0.2) is 25.0 Å². The fraction of sp³-hybridized carbons (Fsp3) is 0.267. The minimum Gasteiger partial charge on any atom is 1.00 e. The Morgan fingerprint density at radius 1 is 0.557 bits per heavy atom. The van der Waals surface area contributed by atoms with E-state index >= 15 is 0 Å². The van der Waals surface area contributed by atoms with Crippen LogP contribution in [0.3, 0.4) is 0 Å². The van der Waals surface area contributed by atoms with Gasteiger partial charge in [-0.15, -0.1) is 43.9 Å². The number of benzene rings is 2. The van der Waals surface area contributed by atoms with Crippen LogP contribution >= 0.6 is 79.0 Å². The van der Waals surface area contributed by atoms with Crippen molar-refractivity contribution in [1.82, 2.24) is 78.3 Å². The van der Waals surface area contributed by atoms with E-state index < -0.39 is 35.6 Å². The topological polar surface area (TPSA) is 166 Å². The van der Waals surface area contributed by atoms with Gasteiger partial charge in [0.1, 0.15) is 42.1 Å². The molecule has 0 aliphatic rings. The van der Waals surface area contributed by atoms with Gasteiger partial charge in [-0.1, -0.05) is 43.1 Å². The molecule has 79 heavy (non-hydrogen) atoms. The fourth-order valence-electron chi connectivity index (χ4n) is 6.80. The number of nitrogens with zero attached hydrogens (tertiary/aromatic N) is 16. The Balaban J connectivity index is 0.000000236. The molecule has 0 atom stereocenters. The van der Waals surface area contributed by atoms with E-state index in [9.17, 15) is 39.5 Å². The summed E-state index contributed by atoms with van der Waals surface area (Å²) in [7, 11) is 13.6. The molecule has 0 unspecified atom stereocenters. The van der Waals surface area contributed by atoms with Crippen LogP contribution in [0, 0.1) is 10.0 Å². The number of fused-ring (bicyclic) bond motifs is 3. The number of imidazole rings is 5. The second kappa shape index (κ2) is 28.6. The zero-order chi connectivity index (χ0) is 56.7. The van der Waals surface area contributed by atoms with Gasteiger partial charge in [0, 0.05) is 73.5 Å². The van der Waals surface area contributed by atoms with Gasteiger partial charge >= 0.3 is 64.4 Å². The Bertz CT molecular complexity index is 3540. The molecule has 0 saturated heterocycles. The quantitative estimate of drug-likeness (QED) is 0.0531. The van der Waals surface area contributed by atoms with Crippen molar-refractivity contribution in [2.75, 3.05) is 11.5 Å². The normalized spacial score (nSPS) is 11.4. The Hall–Kier alpha value is -4.31. The summed E-state index contributed by atoms with van der Waals surface area (Å²) in [5, 5.41) is 23.5. The van der Waals surface area contributed by atoms with Gasteiger partial charge < -0.3 is 40.2 Å². The summed E-state index contributed by atoms with van der Waals surface area (Å²) in [6.45, 7) is 4.16. The van der Waals surface area contributed by atoms with Gasteiger partial charge in [0.2, 0.25) is 0 Å². The second-order valence-corrected chi connectivity index (χ2v) is 19.9. The maximum Gasteiger partial charge on any atom is 1.00 e. The molecule has 0 saturated carbocycles. The zero-order valence-electron chi connectivity index (χ0n) is 42.3. The number of rotatable bonds is 7. The summed E-state index contributed by atoms with van der Waals surface area (Å²) in [5.74, 6) is 3.95. The number of hydrogen-bond acceptors (Lipinski definition) is 13. The number of alkyl halides is 9. The number of aryl methyl sites for hydroxylation is 3. The SMILES string of the molecule is CCSc1c(-c2nc3cc(C(F)(F)F)nnc3n2C)nc(-c2ccc(Cl)cc2)n1C.CCSc1c(I)nc(-c2ccc(Cl)cc2)n1C.Cn1[c-]nc2cc(C(F)(F)F)nnc21.Cn1cnc2cc(C(F)(F)F)nnc21.[Cl-].[Cl][Zn+].[Li+]. The first-order valence-electron chi connectivity index (χ1n) is 21.8. The molecule has 0 aliphatic carbocycles. The fourth-order valence-corrected chi connectivity index (χ4v) is 9.66. The average molecular weight is 1380 g/mol. The molecule has 0 radical (unpaired) electrons. The molecule has 2 aromatic carbocycles. The number of halogens is 14. The molecule has 8 heterocycles. The molecule has 10 aromatic rings. The number of thioether (sulfide) groups is 2. The molecule has 0 spiro atoms. The molecular formula is C45H37Cl4F9ILiN16S2Zn. The third kappa shape index (κ3) is 16.2. The smallest absolute Gasteiger partial charge is 1.00 e. The minimum atomic E-state index is -4.59. The first kappa shape index (κ1) is 67.2. The number of hydrogen-bond donors (Lipinski definition) is 0. The first-order chi connectivity index (χ1) is 36.3. The third-order valence-electron chi connectivity index (χ3n) is 10.4. The molecule has 410 valence electrons. The molecule has 0 bridgehead atoms. The molecule has 0 fully saturated rings. The summed E-state index contributed by atoms with van der Waals surface area (Å²) in [6, 6.07) is 17.7. The van der Waals surface area contributed by atoms with E-state index in [4.69, 9.17) is 37.9 Å². The van der Waals surface area contributed by atoms with Crippen LogP contribution in [-0.4, -0.2) is 89.9 Å². The monoisotopic (exact) mass is 1370 g/mol. The predicted molar refractivity (Wildman–Crippen MR) is 280 cm³/mol. The van der Waals surface area contributed by atoms with Crippen molar-refractivity contribution in [2.24, 2.45) is 35.2 Å². The van der Waals surface area contributed by atoms with Gasteiger partial charge in [-0.05, 0) is 95.2 Å². The van der Waals surface area contributed by atoms with Gasteiger partial charge in [-0.3, -0.25) is 0 Å². The molecular weight excluding hydrogens is 1340 g/mol. The van der Waals surface area contributed by atoms with E-state index in [1.807, 2.05) is 66.7 Å². The first-order valence-corrected chi connectivity index (χ1v) is 29.5. The van der Waals surface area contributed by atoms with E-state index in [1.54, 1.807) is 49.6 Å². The minimum absolute atomic E-state index is 0. The Kier molecular flexibility index (Phi) is 24.3. The molecule has 0 aliphatic heterocycles. The Labute approximate surface area is 508 Å². The van der Waals surface area contributed by atoms with Crippen LogP contribution in [-0.2, 0) is 71.1 Å². The standard InChI is InChI=1S/C19H16ClF3N6S.C12H12ClIN2S.C7H5F3N4.C7H4F3N4.2ClH.Li.Zn/c1-4-30-18-14(25-15(29(18)3)10-5-7-11(20)8-6-10)17-24-12-9-13(19(21,22)23)26-27-16(12)28(17)2;1-3-17-12-10(14)15-11(16(12)2)8-4-6-9(13)7-5-8;2*1-14-3-11-4-2-5(7(8,9)10)12-13-6(4)14;;;;/h5-9H,4H2,1-3H3;4-7H,3H2,1-2H3;2-3H,1H3;2H,1H3;2*1H;;/q;;;-1;;;+1;+2/p-2. The van der Waals surface area contributed by atoms with Crippen molar-refractivity contribution in [2.45, 2.75) is 42.4 Å². The van der Waals surface area contributed by atoms with Gasteiger partial charge in [0.05, 0.1) is 6.33 Å². The summed E-state index contributed by atoms with van der Waals surface area (Å²) in [4.78, 5) is 21.2. The van der Waals surface area contributed by atoms with Crippen molar-refractivity contribution < 1.29 is 88.1 Å². The van der Waals surface area contributed by atoms with Crippen LogP contribution in [0.25, 0.3) is 67.8 Å². The van der Waals surface area contributed by atoms with Crippen molar-refractivity contribution in [3.8, 4) is 34.3 Å². The maximum absolute atomic E-state index is 13.0. The molecule has 10 rings (SSSR count). The third-order valence-corrected chi connectivity index (χ3v) is 14.0. The molecule has 16 nitrogen and oxygen atoms in total. The van der Waals surface area contributed by atoms with Gasteiger partial charge in [-0.2, -0.15) is 44.6 Å². The van der Waals surface area contributed by atoms with E-state index in [-0.39, 0.29) is 59.1 Å². The largest absolute Gasteiger partial charge is 1.00 e. The van der Waals surface area contributed by atoms with E-state index in [0.29, 0.717) is 28.0 Å². The summed E-state index contributed by atoms with van der Waals surface area (Å²) >= 11 is 18.4. The molecule has 0 N–H and O–H groups in total. The van der Waals surface area contributed by atoms with Crippen molar-refractivity contribution in [3.63, 3.8) is 0 Å². The van der Waals surface area contributed by atoms with E-state index in [1.165, 1.54) is 20.5 Å². The van der Waals surface area contributed by atoms with Crippen LogP contribution in [0.4, 0.5) is 39.5 Å².